The minimum Gasteiger partial charge on any atom is -0.456 e. The number of hydrogen-bond acceptors (Lipinski definition) is 6. The standard InChI is InChI=1S/C23H32O6/c1-16-6-3-11-23(27)29-22(21(26)15-24)14-17(2)13-20-10-5-9-19(28-20)8-4-7-18(25)12-16/h3-4,6-7,11,13,19-22,24,26H,5,8-10,12,14-15H2,1-2H3/b7-4+,11-3+,16-6+,17-13+/t19-,20-,21-,22+/m1/s1. The van der Waals surface area contributed by atoms with E-state index < -0.39 is 24.8 Å². The van der Waals surface area contributed by atoms with E-state index in [2.05, 4.69) is 0 Å². The highest BCUT2D eigenvalue weighted by Crippen LogP contribution is 2.24. The van der Waals surface area contributed by atoms with Crippen LogP contribution in [0.4, 0.5) is 0 Å². The van der Waals surface area contributed by atoms with Gasteiger partial charge in [-0.25, -0.2) is 4.79 Å². The molecule has 2 aliphatic heterocycles. The van der Waals surface area contributed by atoms with Crippen molar-refractivity contribution in [1.82, 2.24) is 0 Å². The number of aliphatic hydroxyl groups excluding tert-OH is 2. The summed E-state index contributed by atoms with van der Waals surface area (Å²) in [4.78, 5) is 24.2. The molecule has 0 saturated carbocycles. The molecule has 0 spiro atoms. The molecule has 29 heavy (non-hydrogen) atoms. The number of fused-ring (bicyclic) bond motifs is 2. The average Bonchev–Trinajstić information content (AvgIpc) is 2.66. The normalized spacial score (nSPS) is 34.4. The van der Waals surface area contributed by atoms with Gasteiger partial charge >= 0.3 is 5.97 Å². The summed E-state index contributed by atoms with van der Waals surface area (Å²) in [5, 5.41) is 19.4. The number of rotatable bonds is 2. The van der Waals surface area contributed by atoms with Gasteiger partial charge in [-0.1, -0.05) is 35.5 Å². The third-order valence-corrected chi connectivity index (χ3v) is 5.03. The van der Waals surface area contributed by atoms with Gasteiger partial charge in [0.25, 0.3) is 0 Å². The number of carbonyl (C=O) groups excluding carboxylic acids is 2. The zero-order valence-corrected chi connectivity index (χ0v) is 17.3. The number of ether oxygens (including phenoxy) is 2. The SMILES string of the molecule is C/C1=C\C=C\C(=O)O[C@H]([C@H](O)CO)C/C(C)=C/[C@H]2CCC[C@@H](C/C=C/C(=O)C1)O2. The molecule has 0 aromatic carbocycles. The average molecular weight is 405 g/mol. The van der Waals surface area contributed by atoms with E-state index in [1.54, 1.807) is 12.2 Å². The second kappa shape index (κ2) is 11.9. The summed E-state index contributed by atoms with van der Waals surface area (Å²) < 4.78 is 11.5. The predicted molar refractivity (Wildman–Crippen MR) is 110 cm³/mol. The van der Waals surface area contributed by atoms with E-state index in [4.69, 9.17) is 9.47 Å². The van der Waals surface area contributed by atoms with Gasteiger partial charge in [0.15, 0.2) is 5.78 Å². The van der Waals surface area contributed by atoms with E-state index in [-0.39, 0.29) is 24.4 Å². The number of hydrogen-bond donors (Lipinski definition) is 2. The molecule has 2 rings (SSSR count). The monoisotopic (exact) mass is 404 g/mol. The molecule has 6 nitrogen and oxygen atoms in total. The quantitative estimate of drug-likeness (QED) is 0.543. The molecule has 0 aromatic rings. The molecular weight excluding hydrogens is 372 g/mol. The van der Waals surface area contributed by atoms with Gasteiger partial charge in [0.1, 0.15) is 12.2 Å². The highest BCUT2D eigenvalue weighted by Gasteiger charge is 2.24. The molecule has 0 aliphatic carbocycles. The molecule has 0 unspecified atom stereocenters. The van der Waals surface area contributed by atoms with Crippen molar-refractivity contribution in [2.75, 3.05) is 6.61 Å². The van der Waals surface area contributed by atoms with Crippen molar-refractivity contribution in [3.63, 3.8) is 0 Å². The summed E-state index contributed by atoms with van der Waals surface area (Å²) in [5.74, 6) is -0.606. The first kappa shape index (κ1) is 23.3. The van der Waals surface area contributed by atoms with Crippen LogP contribution in [0, 0.1) is 0 Å². The largest absolute Gasteiger partial charge is 0.456 e. The molecule has 1 fully saturated rings. The lowest BCUT2D eigenvalue weighted by Crippen LogP contribution is -2.34. The summed E-state index contributed by atoms with van der Waals surface area (Å²) in [7, 11) is 0. The van der Waals surface area contributed by atoms with Gasteiger partial charge < -0.3 is 19.7 Å². The van der Waals surface area contributed by atoms with E-state index in [1.165, 1.54) is 12.2 Å². The lowest BCUT2D eigenvalue weighted by atomic mass is 9.98. The van der Waals surface area contributed by atoms with Gasteiger partial charge in [-0.2, -0.15) is 0 Å². The summed E-state index contributed by atoms with van der Waals surface area (Å²) in [5.41, 5.74) is 1.75. The highest BCUT2D eigenvalue weighted by atomic mass is 16.6. The minimum atomic E-state index is -1.17. The Morgan fingerprint density at radius 2 is 1.97 bits per heavy atom. The van der Waals surface area contributed by atoms with E-state index >= 15 is 0 Å². The number of ketones is 1. The summed E-state index contributed by atoms with van der Waals surface area (Å²) in [6, 6.07) is 0. The molecule has 1 saturated heterocycles. The molecule has 2 bridgehead atoms. The number of allylic oxidation sites excluding steroid dienone is 4. The van der Waals surface area contributed by atoms with Crippen molar-refractivity contribution in [2.24, 2.45) is 0 Å². The van der Waals surface area contributed by atoms with Gasteiger partial charge in [0.2, 0.25) is 0 Å². The number of carbonyl (C=O) groups is 2. The smallest absolute Gasteiger partial charge is 0.331 e. The Hall–Kier alpha value is -2.02. The van der Waals surface area contributed by atoms with Crippen LogP contribution in [-0.4, -0.2) is 53.0 Å². The van der Waals surface area contributed by atoms with Gasteiger partial charge in [-0.05, 0) is 45.6 Å². The van der Waals surface area contributed by atoms with Gasteiger partial charge in [0.05, 0.1) is 18.8 Å². The van der Waals surface area contributed by atoms with Crippen LogP contribution in [0.3, 0.4) is 0 Å². The summed E-state index contributed by atoms with van der Waals surface area (Å²) in [6.07, 6.45) is 12.1. The van der Waals surface area contributed by atoms with Crippen molar-refractivity contribution in [3.8, 4) is 0 Å². The maximum atomic E-state index is 12.1. The van der Waals surface area contributed by atoms with E-state index in [9.17, 15) is 19.8 Å². The molecule has 0 aromatic heterocycles. The Labute approximate surface area is 172 Å². The Kier molecular flexibility index (Phi) is 9.51. The molecular formula is C23H32O6. The number of cyclic esters (lactones) is 1. The van der Waals surface area contributed by atoms with Crippen molar-refractivity contribution < 1.29 is 29.3 Å². The van der Waals surface area contributed by atoms with Crippen LogP contribution in [0.15, 0.2) is 47.6 Å². The van der Waals surface area contributed by atoms with E-state index in [0.717, 1.165) is 30.4 Å². The van der Waals surface area contributed by atoms with Crippen LogP contribution in [0.2, 0.25) is 0 Å². The van der Waals surface area contributed by atoms with Gasteiger partial charge in [0, 0.05) is 18.9 Å². The number of aliphatic hydroxyl groups is 2. The fourth-order valence-corrected chi connectivity index (χ4v) is 3.53. The van der Waals surface area contributed by atoms with Crippen LogP contribution in [-0.2, 0) is 19.1 Å². The molecule has 2 heterocycles. The van der Waals surface area contributed by atoms with Crippen molar-refractivity contribution in [2.45, 2.75) is 76.8 Å². The maximum Gasteiger partial charge on any atom is 0.331 e. The van der Waals surface area contributed by atoms with Crippen molar-refractivity contribution in [1.29, 1.82) is 0 Å². The van der Waals surface area contributed by atoms with E-state index in [1.807, 2.05) is 26.0 Å². The first-order valence-corrected chi connectivity index (χ1v) is 10.2. The van der Waals surface area contributed by atoms with Crippen LogP contribution in [0.1, 0.15) is 52.4 Å². The topological polar surface area (TPSA) is 93.1 Å². The molecule has 2 N–H and O–H groups in total. The highest BCUT2D eigenvalue weighted by molar-refractivity contribution is 5.91. The van der Waals surface area contributed by atoms with Crippen molar-refractivity contribution in [3.05, 3.63) is 47.6 Å². The summed E-state index contributed by atoms with van der Waals surface area (Å²) in [6.45, 7) is 3.22. The minimum absolute atomic E-state index is 0.00470. The predicted octanol–water partition coefficient (Wildman–Crippen LogP) is 2.95. The van der Waals surface area contributed by atoms with Gasteiger partial charge in [-0.15, -0.1) is 0 Å². The summed E-state index contributed by atoms with van der Waals surface area (Å²) >= 11 is 0. The Bertz CT molecular complexity index is 687. The molecule has 2 aliphatic rings. The molecule has 6 heteroatoms. The Morgan fingerprint density at radius 1 is 1.17 bits per heavy atom. The Morgan fingerprint density at radius 3 is 2.72 bits per heavy atom. The first-order valence-electron chi connectivity index (χ1n) is 10.2. The van der Waals surface area contributed by atoms with Gasteiger partial charge in [-0.3, -0.25) is 4.79 Å². The van der Waals surface area contributed by atoms with Crippen LogP contribution >= 0.6 is 0 Å². The van der Waals surface area contributed by atoms with Crippen LogP contribution < -0.4 is 0 Å². The van der Waals surface area contributed by atoms with Crippen LogP contribution in [0.5, 0.6) is 0 Å². The lowest BCUT2D eigenvalue weighted by Gasteiger charge is -2.29. The van der Waals surface area contributed by atoms with E-state index in [0.29, 0.717) is 12.8 Å². The zero-order chi connectivity index (χ0) is 21.2. The first-order chi connectivity index (χ1) is 13.9. The molecule has 0 amide bonds. The molecule has 4 atom stereocenters. The van der Waals surface area contributed by atoms with Crippen LogP contribution in [0.25, 0.3) is 0 Å². The fraction of sp³-hybridized carbons (Fsp3) is 0.565. The zero-order valence-electron chi connectivity index (χ0n) is 17.3. The molecule has 0 radical (unpaired) electrons. The third-order valence-electron chi connectivity index (χ3n) is 5.03. The number of esters is 1. The second-order valence-corrected chi connectivity index (χ2v) is 7.82. The maximum absolute atomic E-state index is 12.1. The third kappa shape index (κ3) is 8.48. The molecule has 160 valence electrons. The fourth-order valence-electron chi connectivity index (χ4n) is 3.53. The second-order valence-electron chi connectivity index (χ2n) is 7.82. The lowest BCUT2D eigenvalue weighted by molar-refractivity contribution is -0.150. The Balaban J connectivity index is 2.22. The van der Waals surface area contributed by atoms with Crippen molar-refractivity contribution >= 4 is 11.8 Å².